The molecule has 1 amide bonds. The number of carbonyl (C=O) groups excluding carboxylic acids is 1. The van der Waals surface area contributed by atoms with E-state index in [1.165, 1.54) is 33.8 Å². The van der Waals surface area contributed by atoms with E-state index < -0.39 is 128 Å². The van der Waals surface area contributed by atoms with Crippen molar-refractivity contribution in [1.82, 2.24) is 4.90 Å². The zero-order valence-corrected chi connectivity index (χ0v) is 41.9. The normalized spacial score (nSPS) is 13.8. The van der Waals surface area contributed by atoms with Crippen LogP contribution in [0.5, 0.6) is 5.75 Å². The lowest BCUT2D eigenvalue weighted by Crippen LogP contribution is -2.51. The summed E-state index contributed by atoms with van der Waals surface area (Å²) >= 11 is 0. The van der Waals surface area contributed by atoms with E-state index in [4.69, 9.17) is 27.8 Å². The molecule has 0 radical (unpaired) electrons. The molecule has 1 unspecified atom stereocenters. The molecular weight excluding hydrogens is 1020 g/mol. The first-order valence-electron chi connectivity index (χ1n) is 22.8. The van der Waals surface area contributed by atoms with Crippen LogP contribution in [0.3, 0.4) is 0 Å². The number of phosphoric ester groups is 1. The molecule has 0 aromatic heterocycles. The van der Waals surface area contributed by atoms with E-state index in [1.807, 2.05) is 0 Å². The van der Waals surface area contributed by atoms with E-state index in [0.29, 0.717) is 28.2 Å². The van der Waals surface area contributed by atoms with E-state index >= 15 is 4.39 Å². The van der Waals surface area contributed by atoms with Gasteiger partial charge in [-0.2, -0.15) is 39.5 Å². The Hall–Kier alpha value is -6.15. The first kappa shape index (κ1) is 58.7. The molecule has 0 saturated heterocycles. The quantitative estimate of drug-likeness (QED) is 0.0457. The zero-order chi connectivity index (χ0) is 55.0. The van der Waals surface area contributed by atoms with Crippen LogP contribution in [0.4, 0.5) is 53.5 Å². The molecule has 1 N–H and O–H groups in total. The fraction of sp³-hybridized carbons (Fsp3) is 0.385. The van der Waals surface area contributed by atoms with Crippen molar-refractivity contribution in [3.63, 3.8) is 0 Å². The number of methoxy groups -OCH3 is 1. The van der Waals surface area contributed by atoms with Crippen LogP contribution in [0.25, 0.3) is 11.1 Å². The van der Waals surface area contributed by atoms with Gasteiger partial charge in [-0.1, -0.05) is 87.5 Å². The molecule has 0 aliphatic heterocycles. The molecule has 3 atom stereocenters. The average Bonchev–Trinajstić information content (AvgIpc) is 3.31. The highest BCUT2D eigenvalue weighted by Gasteiger charge is 2.46. The summed E-state index contributed by atoms with van der Waals surface area (Å²) in [6.07, 6.45) is -22.9. The molecule has 402 valence electrons. The molecule has 0 fully saturated rings. The number of alkyl halides is 9. The van der Waals surface area contributed by atoms with Gasteiger partial charge in [0, 0.05) is 17.5 Å². The van der Waals surface area contributed by atoms with Gasteiger partial charge in [0.05, 0.1) is 56.2 Å². The molecule has 22 heteroatoms. The van der Waals surface area contributed by atoms with E-state index in [0.717, 1.165) is 19.2 Å². The molecule has 5 aromatic rings. The molecular formula is C52H54F10NO10P. The van der Waals surface area contributed by atoms with Crippen LogP contribution >= 0.6 is 7.82 Å². The number of nitrogens with zero attached hydrogens (tertiary/aromatic N) is 1. The smallest absolute Gasteiger partial charge is 0.496 e. The van der Waals surface area contributed by atoms with Crippen molar-refractivity contribution < 1.29 is 90.9 Å². The molecule has 0 heterocycles. The van der Waals surface area contributed by atoms with Gasteiger partial charge in [0.15, 0.2) is 6.10 Å². The zero-order valence-electron chi connectivity index (χ0n) is 41.0. The Kier molecular flexibility index (Phi) is 19.1. The molecule has 0 aliphatic carbocycles. The van der Waals surface area contributed by atoms with Gasteiger partial charge in [-0.3, -0.25) is 18.5 Å². The maximum atomic E-state index is 15.4. The van der Waals surface area contributed by atoms with Gasteiger partial charge in [-0.05, 0) is 103 Å². The van der Waals surface area contributed by atoms with E-state index in [2.05, 4.69) is 0 Å². The van der Waals surface area contributed by atoms with Gasteiger partial charge in [0.1, 0.15) is 17.2 Å². The summed E-state index contributed by atoms with van der Waals surface area (Å²) < 4.78 is 196. The van der Waals surface area contributed by atoms with Crippen LogP contribution in [0, 0.1) is 11.7 Å². The molecule has 11 nitrogen and oxygen atoms in total. The first-order chi connectivity index (χ1) is 34.4. The van der Waals surface area contributed by atoms with Crippen LogP contribution < -0.4 is 4.74 Å². The largest absolute Gasteiger partial charge is 0.506 e. The lowest BCUT2D eigenvalue weighted by Gasteiger charge is -2.41. The molecule has 5 aromatic carbocycles. The highest BCUT2D eigenvalue weighted by Crippen LogP contribution is 2.52. The van der Waals surface area contributed by atoms with Gasteiger partial charge in [-0.25, -0.2) is 18.5 Å². The highest BCUT2D eigenvalue weighted by molar-refractivity contribution is 7.48. The number of carboxylic acid groups (broad SMARTS) is 1. The van der Waals surface area contributed by atoms with Crippen molar-refractivity contribution in [2.24, 2.45) is 5.92 Å². The van der Waals surface area contributed by atoms with Crippen molar-refractivity contribution in [3.05, 3.63) is 160 Å². The van der Waals surface area contributed by atoms with E-state index in [1.54, 1.807) is 74.5 Å². The molecule has 0 saturated carbocycles. The first-order valence-corrected chi connectivity index (χ1v) is 24.3. The molecule has 0 bridgehead atoms. The fourth-order valence-electron chi connectivity index (χ4n) is 7.82. The molecule has 74 heavy (non-hydrogen) atoms. The van der Waals surface area contributed by atoms with Gasteiger partial charge in [-0.15, -0.1) is 0 Å². The van der Waals surface area contributed by atoms with Crippen LogP contribution in [0.1, 0.15) is 104 Å². The standard InChI is InChI=1S/C52H54F10NO10P/c1-8-34(30-71-74(67,69-28-32-15-11-9-12-16-32)70-29-33-17-13-10-14-18-33)45(46(72-48(65)66)35-21-38(51(57,58)59)24-39(22-35)52(60,61)62)63(47(64)73-49(4,5)6)27-36-23-37(50(54,55)56)19-20-40(36)42-25-41(31(2)3)43(53)26-44(42)68-7/h9-26,31,34,45-46H,8,27-30H2,1-7H3,(H,65,66)/t34?,45-,46+/m0/s1. The second kappa shape index (κ2) is 24.0. The van der Waals surface area contributed by atoms with Crippen LogP contribution in [-0.2, 0) is 65.9 Å². The topological polar surface area (TPSA) is 130 Å². The Morgan fingerprint density at radius 3 is 1.66 bits per heavy atom. The van der Waals surface area contributed by atoms with Crippen LogP contribution in [0.2, 0.25) is 0 Å². The SMILES string of the molecule is CCC(COP(=O)(OCc1ccccc1)OCc1ccccc1)[C@@H]([C@H](OC(=O)O)c1cc(C(F)(F)F)cc(C(F)(F)F)c1)N(Cc1cc(C(F)(F)F)ccc1-c1cc(C(C)C)c(F)cc1OC)C(=O)OC(C)(C)C. The summed E-state index contributed by atoms with van der Waals surface area (Å²) in [6, 6.07) is 18.8. The summed E-state index contributed by atoms with van der Waals surface area (Å²) in [7, 11) is -3.71. The van der Waals surface area contributed by atoms with E-state index in [9.17, 15) is 58.8 Å². The monoisotopic (exact) mass is 1070 g/mol. The minimum absolute atomic E-state index is 0.0181. The van der Waals surface area contributed by atoms with Gasteiger partial charge in [0.25, 0.3) is 0 Å². The second-order valence-electron chi connectivity index (χ2n) is 18.3. The van der Waals surface area contributed by atoms with Crippen molar-refractivity contribution in [3.8, 4) is 16.9 Å². The number of benzene rings is 5. The van der Waals surface area contributed by atoms with Crippen molar-refractivity contribution >= 4 is 20.1 Å². The van der Waals surface area contributed by atoms with Crippen molar-refractivity contribution in [1.29, 1.82) is 0 Å². The number of amides is 1. The fourth-order valence-corrected chi connectivity index (χ4v) is 9.03. The number of rotatable bonds is 20. The Balaban J connectivity index is 1.84. The third-order valence-corrected chi connectivity index (χ3v) is 12.7. The molecule has 0 spiro atoms. The lowest BCUT2D eigenvalue weighted by molar-refractivity contribution is -0.143. The number of phosphoric acid groups is 1. The summed E-state index contributed by atoms with van der Waals surface area (Å²) in [5.41, 5.74) is -7.38. The number of hydrogen-bond acceptors (Lipinski definition) is 9. The summed E-state index contributed by atoms with van der Waals surface area (Å²) in [6.45, 7) is 5.84. The predicted molar refractivity (Wildman–Crippen MR) is 251 cm³/mol. The minimum Gasteiger partial charge on any atom is -0.496 e. The third kappa shape index (κ3) is 15.9. The molecule has 5 rings (SSSR count). The van der Waals surface area contributed by atoms with Crippen molar-refractivity contribution in [2.45, 2.75) is 110 Å². The third-order valence-electron chi connectivity index (χ3n) is 11.4. The predicted octanol–water partition coefficient (Wildman–Crippen LogP) is 15.8. The van der Waals surface area contributed by atoms with Crippen molar-refractivity contribution in [2.75, 3.05) is 13.7 Å². The summed E-state index contributed by atoms with van der Waals surface area (Å²) in [4.78, 5) is 28.3. The minimum atomic E-state index is -5.51. The summed E-state index contributed by atoms with van der Waals surface area (Å²) in [5, 5.41) is 10.3. The van der Waals surface area contributed by atoms with Gasteiger partial charge < -0.3 is 19.3 Å². The van der Waals surface area contributed by atoms with Gasteiger partial charge >= 0.3 is 38.6 Å². The number of hydrogen-bond donors (Lipinski definition) is 1. The maximum absolute atomic E-state index is 15.4. The van der Waals surface area contributed by atoms with Gasteiger partial charge in [0.2, 0.25) is 0 Å². The second-order valence-corrected chi connectivity index (χ2v) is 19.9. The lowest BCUT2D eigenvalue weighted by atomic mass is 9.86. The Labute approximate surface area is 420 Å². The average molecular weight is 1070 g/mol. The Morgan fingerprint density at radius 2 is 1.22 bits per heavy atom. The number of carbonyl (C=O) groups is 2. The number of halogens is 10. The highest BCUT2D eigenvalue weighted by atomic mass is 31.2. The Morgan fingerprint density at radius 1 is 0.689 bits per heavy atom. The van der Waals surface area contributed by atoms with E-state index in [-0.39, 0.29) is 47.1 Å². The Bertz CT molecular complexity index is 2670. The molecule has 0 aliphatic rings. The van der Waals surface area contributed by atoms with Crippen LogP contribution in [-0.4, -0.2) is 47.6 Å². The number of ether oxygens (including phenoxy) is 3. The maximum Gasteiger partial charge on any atom is 0.506 e. The summed E-state index contributed by atoms with van der Waals surface area (Å²) in [5.74, 6) is -3.09. The van der Waals surface area contributed by atoms with Crippen LogP contribution in [0.15, 0.2) is 109 Å².